The van der Waals surface area contributed by atoms with Gasteiger partial charge in [-0.2, -0.15) is 0 Å². The van der Waals surface area contributed by atoms with E-state index in [1.54, 1.807) is 0 Å². The van der Waals surface area contributed by atoms with Crippen LogP contribution in [-0.4, -0.2) is 66.5 Å². The summed E-state index contributed by atoms with van der Waals surface area (Å²) in [5.74, 6) is -1.56. The van der Waals surface area contributed by atoms with Gasteiger partial charge in [0, 0.05) is 19.3 Å². The van der Waals surface area contributed by atoms with Gasteiger partial charge < -0.3 is 24.2 Å². The van der Waals surface area contributed by atoms with Crippen molar-refractivity contribution in [3.63, 3.8) is 0 Å². The lowest BCUT2D eigenvalue weighted by Gasteiger charge is -2.21. The lowest BCUT2D eigenvalue weighted by Crippen LogP contribution is -2.30. The molecule has 0 aliphatic carbocycles. The fraction of sp³-hybridized carbons (Fsp3) is 0.694. The fourth-order valence-corrected chi connectivity index (χ4v) is 8.43. The van der Waals surface area contributed by atoms with Crippen molar-refractivity contribution in [2.24, 2.45) is 0 Å². The molecule has 0 aliphatic heterocycles. The smallest absolute Gasteiger partial charge is 0.462 e. The van der Waals surface area contributed by atoms with E-state index in [1.807, 2.05) is 12.2 Å². The van der Waals surface area contributed by atoms with Crippen molar-refractivity contribution in [3.05, 3.63) is 97.2 Å². The van der Waals surface area contributed by atoms with E-state index in [0.717, 1.165) is 103 Å². The van der Waals surface area contributed by atoms with Gasteiger partial charge in [-0.05, 0) is 89.9 Å². The predicted octanol–water partition coefficient (Wildman–Crippen LogP) is 17.3. The molecule has 0 bridgehead atoms. The Bertz CT molecular complexity index is 1610. The maximum Gasteiger partial charge on any atom is 0.472 e. The van der Waals surface area contributed by atoms with Crippen LogP contribution in [0.15, 0.2) is 97.2 Å². The summed E-state index contributed by atoms with van der Waals surface area (Å²) < 4.78 is 39.5. The van der Waals surface area contributed by atoms with Gasteiger partial charge in [0.15, 0.2) is 6.10 Å². The maximum atomic E-state index is 12.9. The Morgan fingerprint density at radius 1 is 0.392 bits per heavy atom. The molecule has 0 rings (SSSR count). The average molecular weight is 1060 g/mol. The monoisotopic (exact) mass is 1060 g/mol. The molecule has 0 aromatic rings. The van der Waals surface area contributed by atoms with Crippen molar-refractivity contribution in [2.45, 2.75) is 251 Å². The third kappa shape index (κ3) is 53.2. The molecule has 0 aromatic heterocycles. The molecule has 0 aromatic carbocycles. The van der Waals surface area contributed by atoms with Crippen molar-refractivity contribution in [1.29, 1.82) is 0 Å². The van der Waals surface area contributed by atoms with Crippen LogP contribution in [0.5, 0.6) is 0 Å². The number of phosphoric acid groups is 1. The second-order valence-electron chi connectivity index (χ2n) is 19.0. The number of aliphatic hydroxyl groups excluding tert-OH is 1. The molecule has 0 fully saturated rings. The number of unbranched alkanes of at least 4 members (excludes halogenated alkanes) is 20. The Labute approximate surface area is 451 Å². The normalized spacial score (nSPS) is 14.1. The van der Waals surface area contributed by atoms with E-state index in [1.165, 1.54) is 70.6 Å². The van der Waals surface area contributed by atoms with E-state index in [-0.39, 0.29) is 25.9 Å². The molecule has 0 aliphatic rings. The summed E-state index contributed by atoms with van der Waals surface area (Å²) in [6.45, 7) is 4.34. The molecule has 11 nitrogen and oxygen atoms in total. The largest absolute Gasteiger partial charge is 0.472 e. The zero-order valence-electron chi connectivity index (χ0n) is 46.8. The number of carbonyl (C=O) groups excluding carboxylic acids is 3. The predicted molar refractivity (Wildman–Crippen MR) is 307 cm³/mol. The van der Waals surface area contributed by atoms with Crippen LogP contribution >= 0.6 is 7.82 Å². The number of carbonyl (C=O) groups is 3. The zero-order chi connectivity index (χ0) is 54.1. The van der Waals surface area contributed by atoms with Gasteiger partial charge in [-0.15, -0.1) is 0 Å². The SMILES string of the molecule is CC/C=C\C/C=C\C/C=C\C/C=C\C/C=C\CCCC(=O)OC(COC(=O)CCCCCCC/C=C\C/C=C\C/C=C\CC)COP(=O)(O)OCC(CO)OC(=O)CCCCCCCCCCCCCCCCC. The number of rotatable bonds is 53. The van der Waals surface area contributed by atoms with Crippen LogP contribution in [0.2, 0.25) is 0 Å². The minimum atomic E-state index is -4.77. The summed E-state index contributed by atoms with van der Waals surface area (Å²) in [5, 5.41) is 9.82. The van der Waals surface area contributed by atoms with E-state index in [2.05, 4.69) is 106 Å². The van der Waals surface area contributed by atoms with Crippen LogP contribution in [0, 0.1) is 0 Å². The molecule has 3 unspecified atom stereocenters. The van der Waals surface area contributed by atoms with Gasteiger partial charge in [0.25, 0.3) is 0 Å². The quantitative estimate of drug-likeness (QED) is 0.0197. The summed E-state index contributed by atoms with van der Waals surface area (Å²) in [6.07, 6.45) is 65.1. The average Bonchev–Trinajstić information content (AvgIpc) is 3.39. The molecule has 424 valence electrons. The number of hydrogen-bond acceptors (Lipinski definition) is 10. The Balaban J connectivity index is 4.82. The number of allylic oxidation sites excluding steroid dienone is 16. The van der Waals surface area contributed by atoms with E-state index < -0.39 is 57.8 Å². The number of esters is 3. The van der Waals surface area contributed by atoms with Gasteiger partial charge in [-0.25, -0.2) is 4.57 Å². The Morgan fingerprint density at radius 2 is 0.716 bits per heavy atom. The van der Waals surface area contributed by atoms with Crippen molar-refractivity contribution in [1.82, 2.24) is 0 Å². The van der Waals surface area contributed by atoms with E-state index in [9.17, 15) is 28.9 Å². The van der Waals surface area contributed by atoms with Crippen molar-refractivity contribution >= 4 is 25.7 Å². The number of ether oxygens (including phenoxy) is 3. The molecule has 3 atom stereocenters. The molecule has 74 heavy (non-hydrogen) atoms. The maximum absolute atomic E-state index is 12.9. The van der Waals surface area contributed by atoms with E-state index >= 15 is 0 Å². The van der Waals surface area contributed by atoms with Crippen LogP contribution < -0.4 is 0 Å². The van der Waals surface area contributed by atoms with Gasteiger partial charge in [-0.1, -0.05) is 227 Å². The van der Waals surface area contributed by atoms with Gasteiger partial charge in [0.05, 0.1) is 19.8 Å². The zero-order valence-corrected chi connectivity index (χ0v) is 47.7. The first-order valence-corrected chi connectivity index (χ1v) is 30.6. The third-order valence-corrected chi connectivity index (χ3v) is 13.0. The van der Waals surface area contributed by atoms with E-state index in [4.69, 9.17) is 23.3 Å². The Morgan fingerprint density at radius 3 is 1.14 bits per heavy atom. The summed E-state index contributed by atoms with van der Waals surface area (Å²) in [7, 11) is -4.77. The van der Waals surface area contributed by atoms with Gasteiger partial charge in [0.2, 0.25) is 0 Å². The second-order valence-corrected chi connectivity index (χ2v) is 20.5. The number of phosphoric ester groups is 1. The first-order valence-electron chi connectivity index (χ1n) is 29.1. The fourth-order valence-electron chi connectivity index (χ4n) is 7.64. The van der Waals surface area contributed by atoms with Crippen molar-refractivity contribution < 1.29 is 52.2 Å². The molecule has 12 heteroatoms. The third-order valence-electron chi connectivity index (χ3n) is 12.0. The Hall–Kier alpha value is -3.60. The topological polar surface area (TPSA) is 155 Å². The molecule has 0 saturated carbocycles. The lowest BCUT2D eigenvalue weighted by atomic mass is 10.0. The van der Waals surface area contributed by atoms with Crippen molar-refractivity contribution in [2.75, 3.05) is 26.4 Å². The van der Waals surface area contributed by atoms with Crippen LogP contribution in [0.25, 0.3) is 0 Å². The van der Waals surface area contributed by atoms with Crippen LogP contribution in [-0.2, 0) is 42.2 Å². The lowest BCUT2D eigenvalue weighted by molar-refractivity contribution is -0.161. The molecular weight excluding hydrogens is 952 g/mol. The van der Waals surface area contributed by atoms with Crippen LogP contribution in [0.3, 0.4) is 0 Å². The Kier molecular flexibility index (Phi) is 52.9. The van der Waals surface area contributed by atoms with Crippen LogP contribution in [0.1, 0.15) is 239 Å². The minimum Gasteiger partial charge on any atom is -0.462 e. The summed E-state index contributed by atoms with van der Waals surface area (Å²) >= 11 is 0. The standard InChI is InChI=1S/C62H105O11P/c1-4-7-10-13-16-19-22-25-28-29-32-35-38-41-44-47-50-53-62(66)73-59(55-69-60(64)51-48-45-42-39-36-33-30-26-23-20-17-14-11-8-5-2)57-71-74(67,68)70-56-58(54-63)72-61(65)52-49-46-43-40-37-34-31-27-24-21-18-15-12-9-6-3/h7-8,10-11,16-17,19-20,25-26,28,30,32,35,41,44,58-59,63H,4-6,9,12-15,18,21-24,27,29,31,33-34,36-40,42-43,45-57H2,1-3H3,(H,67,68)/b10-7-,11-8-,19-16-,20-17-,28-25-,30-26-,35-32-,44-41-. The highest BCUT2D eigenvalue weighted by Gasteiger charge is 2.28. The molecule has 0 saturated heterocycles. The number of hydrogen-bond donors (Lipinski definition) is 2. The molecule has 0 spiro atoms. The highest BCUT2D eigenvalue weighted by molar-refractivity contribution is 7.47. The first kappa shape index (κ1) is 70.4. The number of aliphatic hydroxyl groups is 1. The van der Waals surface area contributed by atoms with Crippen molar-refractivity contribution in [3.8, 4) is 0 Å². The molecule has 0 radical (unpaired) electrons. The van der Waals surface area contributed by atoms with Gasteiger partial charge >= 0.3 is 25.7 Å². The molecule has 0 amide bonds. The highest BCUT2D eigenvalue weighted by Crippen LogP contribution is 2.43. The molecule has 2 N–H and O–H groups in total. The van der Waals surface area contributed by atoms with E-state index in [0.29, 0.717) is 25.7 Å². The van der Waals surface area contributed by atoms with Gasteiger partial charge in [0.1, 0.15) is 12.7 Å². The van der Waals surface area contributed by atoms with Gasteiger partial charge in [-0.3, -0.25) is 23.4 Å². The van der Waals surface area contributed by atoms with Crippen LogP contribution in [0.4, 0.5) is 0 Å². The molecule has 0 heterocycles. The summed E-state index contributed by atoms with van der Waals surface area (Å²) in [5.41, 5.74) is 0. The highest BCUT2D eigenvalue weighted by atomic mass is 31.2. The summed E-state index contributed by atoms with van der Waals surface area (Å²) in [4.78, 5) is 48.5. The second kappa shape index (κ2) is 55.6. The summed E-state index contributed by atoms with van der Waals surface area (Å²) in [6, 6.07) is 0. The minimum absolute atomic E-state index is 0.0821. The first-order chi connectivity index (χ1) is 36.2. The molecular formula is C62H105O11P.